The summed E-state index contributed by atoms with van der Waals surface area (Å²) in [7, 11) is 0. The van der Waals surface area contributed by atoms with Crippen molar-refractivity contribution in [3.63, 3.8) is 0 Å². The molecule has 2 aliphatic heterocycles. The van der Waals surface area contributed by atoms with Crippen LogP contribution in [0, 0.1) is 5.92 Å². The summed E-state index contributed by atoms with van der Waals surface area (Å²) in [5.41, 5.74) is 1.41. The second kappa shape index (κ2) is 9.08. The molecule has 3 aliphatic rings. The van der Waals surface area contributed by atoms with Crippen LogP contribution < -0.4 is 10.2 Å². The SMILES string of the molecule is CCC1C(S)=CC=C2Sc3ccccc3N(CCCCN3CCNCC3)C21. The number of unbranched alkanes of at least 4 members (excludes halogenated alkanes) is 1. The molecule has 1 aromatic carbocycles. The maximum atomic E-state index is 4.81. The summed E-state index contributed by atoms with van der Waals surface area (Å²) < 4.78 is 0. The fraction of sp³-hybridized carbons (Fsp3) is 0.545. The zero-order chi connectivity index (χ0) is 18.6. The van der Waals surface area contributed by atoms with Crippen LogP contribution in [0.25, 0.3) is 0 Å². The molecule has 2 unspecified atom stereocenters. The predicted octanol–water partition coefficient (Wildman–Crippen LogP) is 4.39. The van der Waals surface area contributed by atoms with E-state index in [-0.39, 0.29) is 0 Å². The maximum Gasteiger partial charge on any atom is 0.0678 e. The van der Waals surface area contributed by atoms with Gasteiger partial charge in [-0.2, -0.15) is 0 Å². The lowest BCUT2D eigenvalue weighted by molar-refractivity contribution is 0.237. The lowest BCUT2D eigenvalue weighted by Gasteiger charge is -2.45. The summed E-state index contributed by atoms with van der Waals surface area (Å²) in [6.07, 6.45) is 8.17. The van der Waals surface area contributed by atoms with E-state index in [0.29, 0.717) is 12.0 Å². The third kappa shape index (κ3) is 4.26. The lowest BCUT2D eigenvalue weighted by Crippen LogP contribution is -2.46. The minimum Gasteiger partial charge on any atom is -0.362 e. The first-order valence-electron chi connectivity index (χ1n) is 10.3. The Bertz CT molecular complexity index is 709. The number of nitrogens with zero attached hydrogens (tertiary/aromatic N) is 2. The summed E-state index contributed by atoms with van der Waals surface area (Å²) in [5.74, 6) is 0.502. The number of hydrogen-bond donors (Lipinski definition) is 2. The normalized spacial score (nSPS) is 25.5. The molecule has 1 fully saturated rings. The molecule has 0 amide bonds. The number of hydrogen-bond acceptors (Lipinski definition) is 5. The van der Waals surface area contributed by atoms with Gasteiger partial charge in [-0.05, 0) is 48.9 Å². The van der Waals surface area contributed by atoms with Crippen molar-refractivity contribution in [1.29, 1.82) is 0 Å². The van der Waals surface area contributed by atoms with Crippen LogP contribution in [0.15, 0.2) is 51.1 Å². The highest BCUT2D eigenvalue weighted by Crippen LogP contribution is 2.49. The molecule has 0 bridgehead atoms. The Kier molecular flexibility index (Phi) is 6.54. The summed E-state index contributed by atoms with van der Waals surface area (Å²) in [4.78, 5) is 9.39. The molecule has 4 rings (SSSR count). The van der Waals surface area contributed by atoms with E-state index in [9.17, 15) is 0 Å². The molecule has 146 valence electrons. The van der Waals surface area contributed by atoms with E-state index in [4.69, 9.17) is 12.6 Å². The van der Waals surface area contributed by atoms with Crippen molar-refractivity contribution in [3.05, 3.63) is 46.2 Å². The van der Waals surface area contributed by atoms with E-state index in [2.05, 4.69) is 58.5 Å². The van der Waals surface area contributed by atoms with Gasteiger partial charge in [0.05, 0.1) is 11.7 Å². The smallest absolute Gasteiger partial charge is 0.0678 e. The Morgan fingerprint density at radius 3 is 2.70 bits per heavy atom. The van der Waals surface area contributed by atoms with Gasteiger partial charge in [-0.25, -0.2) is 0 Å². The fourth-order valence-corrected chi connectivity index (χ4v) is 6.15. The van der Waals surface area contributed by atoms with E-state index in [1.807, 2.05) is 11.8 Å². The Labute approximate surface area is 173 Å². The van der Waals surface area contributed by atoms with Gasteiger partial charge in [-0.3, -0.25) is 0 Å². The molecule has 2 atom stereocenters. The monoisotopic (exact) mass is 401 g/mol. The van der Waals surface area contributed by atoms with Gasteiger partial charge < -0.3 is 15.1 Å². The molecule has 2 heterocycles. The Morgan fingerprint density at radius 2 is 1.89 bits per heavy atom. The van der Waals surface area contributed by atoms with Crippen molar-refractivity contribution < 1.29 is 0 Å². The highest BCUT2D eigenvalue weighted by atomic mass is 32.2. The van der Waals surface area contributed by atoms with Crippen LogP contribution in [0.2, 0.25) is 0 Å². The van der Waals surface area contributed by atoms with Gasteiger partial charge in [0.15, 0.2) is 0 Å². The standard InChI is InChI=1S/C22H31N3S2/c1-2-17-19(26)9-10-21-22(17)25(18-7-3-4-8-20(18)27-21)14-6-5-13-24-15-11-23-12-16-24/h3-4,7-10,17,22-23,26H,2,5-6,11-16H2,1H3. The average molecular weight is 402 g/mol. The molecule has 1 aliphatic carbocycles. The lowest BCUT2D eigenvalue weighted by atomic mass is 9.89. The molecule has 5 heteroatoms. The first kappa shape index (κ1) is 19.4. The average Bonchev–Trinajstić information content (AvgIpc) is 2.71. The molecule has 0 spiro atoms. The first-order chi connectivity index (χ1) is 13.3. The Hall–Kier alpha value is -0.880. The van der Waals surface area contributed by atoms with Crippen molar-refractivity contribution in [2.45, 2.75) is 37.1 Å². The third-order valence-electron chi connectivity index (χ3n) is 5.98. The highest BCUT2D eigenvalue weighted by molar-refractivity contribution is 8.03. The van der Waals surface area contributed by atoms with E-state index in [1.54, 1.807) is 0 Å². The van der Waals surface area contributed by atoms with Gasteiger partial charge in [-0.15, -0.1) is 12.6 Å². The van der Waals surface area contributed by atoms with Crippen LogP contribution in [0.1, 0.15) is 26.2 Å². The number of thiol groups is 1. The zero-order valence-corrected chi connectivity index (χ0v) is 17.9. The quantitative estimate of drug-likeness (QED) is 0.544. The third-order valence-corrected chi connectivity index (χ3v) is 7.64. The van der Waals surface area contributed by atoms with Crippen molar-refractivity contribution >= 4 is 30.1 Å². The molecule has 1 aromatic rings. The number of anilines is 1. The largest absolute Gasteiger partial charge is 0.362 e. The number of nitrogens with one attached hydrogen (secondary N) is 1. The second-order valence-corrected chi connectivity index (χ2v) is 9.31. The van der Waals surface area contributed by atoms with Gasteiger partial charge in [0, 0.05) is 48.4 Å². The Morgan fingerprint density at radius 1 is 1.11 bits per heavy atom. The first-order valence-corrected chi connectivity index (χ1v) is 11.6. The van der Waals surface area contributed by atoms with Gasteiger partial charge in [-0.1, -0.05) is 36.9 Å². The summed E-state index contributed by atoms with van der Waals surface area (Å²) >= 11 is 6.76. The van der Waals surface area contributed by atoms with Crippen LogP contribution in [-0.4, -0.2) is 50.2 Å². The van der Waals surface area contributed by atoms with Crippen LogP contribution in [0.3, 0.4) is 0 Å². The van der Waals surface area contributed by atoms with E-state index < -0.39 is 0 Å². The minimum atomic E-state index is 0.451. The molecule has 3 nitrogen and oxygen atoms in total. The Balaban J connectivity index is 1.47. The molecule has 1 N–H and O–H groups in total. The van der Waals surface area contributed by atoms with Crippen molar-refractivity contribution in [3.8, 4) is 0 Å². The maximum absolute atomic E-state index is 4.81. The van der Waals surface area contributed by atoms with Crippen molar-refractivity contribution in [1.82, 2.24) is 10.2 Å². The number of piperazine rings is 1. The van der Waals surface area contributed by atoms with Crippen LogP contribution in [0.5, 0.6) is 0 Å². The number of thioether (sulfide) groups is 1. The van der Waals surface area contributed by atoms with Crippen molar-refractivity contribution in [2.75, 3.05) is 44.2 Å². The van der Waals surface area contributed by atoms with Crippen LogP contribution in [0.4, 0.5) is 5.69 Å². The number of allylic oxidation sites excluding steroid dienone is 2. The fourth-order valence-electron chi connectivity index (χ4n) is 4.52. The van der Waals surface area contributed by atoms with Crippen LogP contribution >= 0.6 is 24.4 Å². The number of rotatable bonds is 6. The van der Waals surface area contributed by atoms with E-state index >= 15 is 0 Å². The molecule has 27 heavy (non-hydrogen) atoms. The minimum absolute atomic E-state index is 0.451. The predicted molar refractivity (Wildman–Crippen MR) is 121 cm³/mol. The molecular weight excluding hydrogens is 370 g/mol. The molecule has 0 aromatic heterocycles. The zero-order valence-electron chi connectivity index (χ0n) is 16.2. The van der Waals surface area contributed by atoms with Gasteiger partial charge >= 0.3 is 0 Å². The molecule has 0 saturated carbocycles. The number of para-hydroxylation sites is 1. The number of fused-ring (bicyclic) bond motifs is 2. The van der Waals surface area contributed by atoms with Crippen LogP contribution in [-0.2, 0) is 0 Å². The van der Waals surface area contributed by atoms with Gasteiger partial charge in [0.1, 0.15) is 0 Å². The topological polar surface area (TPSA) is 18.5 Å². The van der Waals surface area contributed by atoms with Gasteiger partial charge in [0.25, 0.3) is 0 Å². The number of benzene rings is 1. The second-order valence-electron chi connectivity index (χ2n) is 7.68. The molecular formula is C22H31N3S2. The van der Waals surface area contributed by atoms with E-state index in [0.717, 1.165) is 26.1 Å². The molecule has 1 saturated heterocycles. The summed E-state index contributed by atoms with van der Waals surface area (Å²) in [6.45, 7) is 9.34. The summed E-state index contributed by atoms with van der Waals surface area (Å²) in [6, 6.07) is 9.37. The van der Waals surface area contributed by atoms with Gasteiger partial charge in [0.2, 0.25) is 0 Å². The van der Waals surface area contributed by atoms with E-state index in [1.165, 1.54) is 52.9 Å². The summed E-state index contributed by atoms with van der Waals surface area (Å²) in [5, 5.41) is 3.44. The highest BCUT2D eigenvalue weighted by Gasteiger charge is 2.37. The van der Waals surface area contributed by atoms with Crippen molar-refractivity contribution in [2.24, 2.45) is 5.92 Å². The molecule has 0 radical (unpaired) electrons.